The fraction of sp³-hybridized carbons (Fsp3) is 0.0213. The molecule has 0 bridgehead atoms. The van der Waals surface area contributed by atoms with Gasteiger partial charge in [-0.1, -0.05) is 127 Å². The Hall–Kier alpha value is -5.96. The van der Waals surface area contributed by atoms with E-state index in [1.165, 1.54) is 104 Å². The molecule has 0 saturated carbocycles. The van der Waals surface area contributed by atoms with Crippen LogP contribution in [0.1, 0.15) is 22.3 Å². The molecule has 3 aliphatic carbocycles. The maximum atomic E-state index is 2.53. The lowest BCUT2D eigenvalue weighted by Crippen LogP contribution is -2.23. The second-order valence-electron chi connectivity index (χ2n) is 13.6. The van der Waals surface area contributed by atoms with Gasteiger partial charge in [0, 0.05) is 31.2 Å². The third-order valence-corrected chi connectivity index (χ3v) is 12.5. The first-order valence-electron chi connectivity index (χ1n) is 17.0. The van der Waals surface area contributed by atoms with Crippen molar-refractivity contribution in [2.45, 2.75) is 5.41 Å². The molecule has 12 rings (SSSR count). The first-order chi connectivity index (χ1) is 24.3. The second-order valence-corrected chi connectivity index (χ2v) is 14.6. The van der Waals surface area contributed by atoms with Gasteiger partial charge in [0.1, 0.15) is 0 Å². The lowest BCUT2D eigenvalue weighted by Gasteiger charge is -2.31. The topological polar surface area (TPSA) is 3.24 Å². The largest absolute Gasteiger partial charge is 0.309 e. The number of nitrogens with zero attached hydrogens (tertiary/aromatic N) is 1. The number of fused-ring (bicyclic) bond motifs is 9. The Morgan fingerprint density at radius 2 is 0.980 bits per heavy atom. The molecule has 226 valence electrons. The lowest BCUT2D eigenvalue weighted by molar-refractivity contribution is 0.818. The minimum atomic E-state index is -0.328. The zero-order valence-electron chi connectivity index (χ0n) is 26.4. The van der Waals surface area contributed by atoms with Crippen molar-refractivity contribution in [1.29, 1.82) is 0 Å². The Balaban J connectivity index is 1.21. The van der Waals surface area contributed by atoms with Crippen molar-refractivity contribution in [2.75, 3.05) is 4.90 Å². The van der Waals surface area contributed by atoms with Crippen molar-refractivity contribution >= 4 is 59.3 Å². The van der Waals surface area contributed by atoms with Crippen LogP contribution in [0.5, 0.6) is 0 Å². The molecule has 1 unspecified atom stereocenters. The van der Waals surface area contributed by atoms with Gasteiger partial charge in [-0.3, -0.25) is 0 Å². The molecule has 2 heteroatoms. The Kier molecular flexibility index (Phi) is 4.86. The van der Waals surface area contributed by atoms with E-state index in [2.05, 4.69) is 169 Å². The molecule has 0 N–H and O–H groups in total. The van der Waals surface area contributed by atoms with Gasteiger partial charge in [0.05, 0.1) is 16.8 Å². The van der Waals surface area contributed by atoms with Crippen LogP contribution in [-0.2, 0) is 5.41 Å². The molecule has 1 nitrogen and oxygen atoms in total. The van der Waals surface area contributed by atoms with Crippen LogP contribution in [0.15, 0.2) is 164 Å². The van der Waals surface area contributed by atoms with Gasteiger partial charge in [-0.25, -0.2) is 0 Å². The van der Waals surface area contributed by atoms with Crippen molar-refractivity contribution in [2.24, 2.45) is 0 Å². The number of thiophene rings is 1. The summed E-state index contributed by atoms with van der Waals surface area (Å²) < 4.78 is 2.62. The molecule has 1 heterocycles. The van der Waals surface area contributed by atoms with Crippen LogP contribution in [0.2, 0.25) is 0 Å². The van der Waals surface area contributed by atoms with E-state index in [-0.39, 0.29) is 5.41 Å². The Bertz CT molecular complexity index is 2870. The van der Waals surface area contributed by atoms with E-state index in [0.717, 1.165) is 0 Å². The highest BCUT2D eigenvalue weighted by molar-refractivity contribution is 7.26. The molecule has 9 aromatic rings. The first kappa shape index (κ1) is 26.0. The fourth-order valence-electron chi connectivity index (χ4n) is 9.63. The maximum absolute atomic E-state index is 2.53. The quantitative estimate of drug-likeness (QED) is 0.186. The van der Waals surface area contributed by atoms with E-state index < -0.39 is 0 Å². The number of anilines is 3. The average Bonchev–Trinajstić information content (AvgIpc) is 3.87. The van der Waals surface area contributed by atoms with E-state index in [1.807, 2.05) is 11.3 Å². The van der Waals surface area contributed by atoms with Crippen LogP contribution in [0.25, 0.3) is 64.3 Å². The molecule has 0 radical (unpaired) electrons. The van der Waals surface area contributed by atoms with Crippen LogP contribution in [0.3, 0.4) is 0 Å². The van der Waals surface area contributed by atoms with Gasteiger partial charge in [-0.15, -0.1) is 11.3 Å². The summed E-state index contributed by atoms with van der Waals surface area (Å²) in [6.45, 7) is 0. The molecule has 0 fully saturated rings. The van der Waals surface area contributed by atoms with Gasteiger partial charge < -0.3 is 4.90 Å². The third kappa shape index (κ3) is 3.08. The SMILES string of the molecule is c1ccc2c(c1)-c1cccc3c1C21c2cc(N(c4cccc5ccccc45)c4cccc5sc6ccccc6c45)ccc2-c2cccc-3c21. The van der Waals surface area contributed by atoms with Gasteiger partial charge in [0.25, 0.3) is 0 Å². The molecule has 1 aromatic heterocycles. The molecule has 0 amide bonds. The summed E-state index contributed by atoms with van der Waals surface area (Å²) in [7, 11) is 0. The normalized spacial score (nSPS) is 15.8. The minimum Gasteiger partial charge on any atom is -0.309 e. The predicted octanol–water partition coefficient (Wildman–Crippen LogP) is 13.0. The first-order valence-corrected chi connectivity index (χ1v) is 17.8. The predicted molar refractivity (Wildman–Crippen MR) is 207 cm³/mol. The minimum absolute atomic E-state index is 0.328. The Morgan fingerprint density at radius 1 is 0.408 bits per heavy atom. The Labute approximate surface area is 288 Å². The van der Waals surface area contributed by atoms with E-state index in [1.54, 1.807) is 0 Å². The molecule has 0 saturated heterocycles. The van der Waals surface area contributed by atoms with Crippen molar-refractivity contribution in [3.05, 3.63) is 186 Å². The van der Waals surface area contributed by atoms with Crippen LogP contribution in [-0.4, -0.2) is 0 Å². The van der Waals surface area contributed by atoms with Gasteiger partial charge >= 0.3 is 0 Å². The number of benzene rings is 8. The molecular weight excluding hydrogens is 611 g/mol. The molecule has 1 spiro atoms. The third-order valence-electron chi connectivity index (χ3n) is 11.4. The fourth-order valence-corrected chi connectivity index (χ4v) is 10.8. The van der Waals surface area contributed by atoms with Crippen molar-refractivity contribution in [1.82, 2.24) is 0 Å². The van der Waals surface area contributed by atoms with Crippen molar-refractivity contribution in [3.8, 4) is 33.4 Å². The zero-order valence-corrected chi connectivity index (χ0v) is 27.3. The van der Waals surface area contributed by atoms with Gasteiger partial charge in [0.2, 0.25) is 0 Å². The summed E-state index contributed by atoms with van der Waals surface area (Å²) in [5.74, 6) is 0. The molecule has 3 aliphatic rings. The summed E-state index contributed by atoms with van der Waals surface area (Å²) in [5.41, 5.74) is 17.1. The summed E-state index contributed by atoms with van der Waals surface area (Å²) in [6.07, 6.45) is 0. The van der Waals surface area contributed by atoms with Gasteiger partial charge in [-0.2, -0.15) is 0 Å². The van der Waals surface area contributed by atoms with Crippen molar-refractivity contribution in [3.63, 3.8) is 0 Å². The highest BCUT2D eigenvalue weighted by Gasteiger charge is 2.57. The molecule has 1 atom stereocenters. The molecule has 8 aromatic carbocycles. The summed E-state index contributed by atoms with van der Waals surface area (Å²) in [6, 6.07) is 61.5. The van der Waals surface area contributed by atoms with Gasteiger partial charge in [-0.05, 0) is 97.4 Å². The molecular formula is C47H27NS. The zero-order chi connectivity index (χ0) is 31.8. The van der Waals surface area contributed by atoms with E-state index >= 15 is 0 Å². The van der Waals surface area contributed by atoms with Crippen LogP contribution in [0.4, 0.5) is 17.1 Å². The number of hydrogen-bond acceptors (Lipinski definition) is 2. The highest BCUT2D eigenvalue weighted by Crippen LogP contribution is 2.70. The number of rotatable bonds is 3. The highest BCUT2D eigenvalue weighted by atomic mass is 32.1. The maximum Gasteiger partial charge on any atom is 0.0738 e. The van der Waals surface area contributed by atoms with E-state index in [4.69, 9.17) is 0 Å². The smallest absolute Gasteiger partial charge is 0.0738 e. The summed E-state index contributed by atoms with van der Waals surface area (Å²) >= 11 is 1.88. The van der Waals surface area contributed by atoms with Gasteiger partial charge in [0.15, 0.2) is 0 Å². The standard InChI is InChI=1S/C47H27NS/c1-2-13-30-28(11-1)12-7-21-40(30)48(41-22-10-24-43-44(41)37-15-4-6-23-42(37)49-43)29-25-26-32-34-17-9-19-36-35-18-8-16-33-31-14-3-5-20-38(31)47(45(33)35,46(34)36)39(32)27-29/h1-27H. The van der Waals surface area contributed by atoms with E-state index in [0.29, 0.717) is 0 Å². The number of hydrogen-bond donors (Lipinski definition) is 0. The van der Waals surface area contributed by atoms with Crippen molar-refractivity contribution < 1.29 is 0 Å². The van der Waals surface area contributed by atoms with Crippen LogP contribution in [0, 0.1) is 0 Å². The summed E-state index contributed by atoms with van der Waals surface area (Å²) in [5, 5.41) is 5.09. The molecule has 0 aliphatic heterocycles. The summed E-state index contributed by atoms with van der Waals surface area (Å²) in [4.78, 5) is 2.53. The lowest BCUT2D eigenvalue weighted by atomic mass is 9.73. The van der Waals surface area contributed by atoms with E-state index in [9.17, 15) is 0 Å². The van der Waals surface area contributed by atoms with Crippen LogP contribution >= 0.6 is 11.3 Å². The molecule has 49 heavy (non-hydrogen) atoms. The van der Waals surface area contributed by atoms with Crippen LogP contribution < -0.4 is 4.90 Å². The Morgan fingerprint density at radius 3 is 1.82 bits per heavy atom. The second kappa shape index (κ2) is 9.14. The average molecular weight is 638 g/mol. The monoisotopic (exact) mass is 637 g/mol.